The average Bonchev–Trinajstić information content (AvgIpc) is 2.08. The van der Waals surface area contributed by atoms with Crippen LogP contribution in [0.4, 0.5) is 0 Å². The summed E-state index contributed by atoms with van der Waals surface area (Å²) < 4.78 is 6.06. The molecule has 3 nitrogen and oxygen atoms in total. The summed E-state index contributed by atoms with van der Waals surface area (Å²) in [4.78, 5) is 10.8. The van der Waals surface area contributed by atoms with Gasteiger partial charge >= 0.3 is 5.97 Å². The standard InChI is InChI=1S/C9H9IO3/c1-2-13-8-4-3-6(10)5-7(8)9(11)12/h3-5H,2H2,1H3,(H,11,12). The number of hydrogen-bond donors (Lipinski definition) is 1. The Bertz CT molecular complexity index is 323. The van der Waals surface area contributed by atoms with Crippen molar-refractivity contribution in [2.24, 2.45) is 0 Å². The van der Waals surface area contributed by atoms with Crippen LogP contribution in [0.25, 0.3) is 0 Å². The van der Waals surface area contributed by atoms with Crippen LogP contribution in [-0.2, 0) is 0 Å². The van der Waals surface area contributed by atoms with Crippen molar-refractivity contribution in [3.05, 3.63) is 27.3 Å². The van der Waals surface area contributed by atoms with Crippen LogP contribution < -0.4 is 4.74 Å². The van der Waals surface area contributed by atoms with Crippen LogP contribution in [0.3, 0.4) is 0 Å². The van der Waals surface area contributed by atoms with Gasteiger partial charge in [-0.05, 0) is 47.7 Å². The summed E-state index contributed by atoms with van der Waals surface area (Å²) in [5, 5.41) is 8.83. The van der Waals surface area contributed by atoms with Crippen molar-refractivity contribution >= 4 is 28.6 Å². The van der Waals surface area contributed by atoms with E-state index < -0.39 is 5.97 Å². The summed E-state index contributed by atoms with van der Waals surface area (Å²) in [6.07, 6.45) is 0. The Balaban J connectivity index is 3.10. The molecular weight excluding hydrogens is 283 g/mol. The fourth-order valence-electron chi connectivity index (χ4n) is 0.951. The minimum atomic E-state index is -0.957. The maximum atomic E-state index is 10.8. The second-order valence-electron chi connectivity index (χ2n) is 2.38. The highest BCUT2D eigenvalue weighted by Crippen LogP contribution is 2.21. The zero-order valence-electron chi connectivity index (χ0n) is 7.08. The number of benzene rings is 1. The van der Waals surface area contributed by atoms with Crippen molar-refractivity contribution in [3.63, 3.8) is 0 Å². The first kappa shape index (κ1) is 10.3. The van der Waals surface area contributed by atoms with E-state index in [4.69, 9.17) is 9.84 Å². The SMILES string of the molecule is CCOc1ccc(I)cc1C(=O)O. The summed E-state index contributed by atoms with van der Waals surface area (Å²) in [5.41, 5.74) is 0.216. The summed E-state index contributed by atoms with van der Waals surface area (Å²) in [6, 6.07) is 5.08. The Labute approximate surface area is 89.9 Å². The van der Waals surface area contributed by atoms with E-state index in [0.717, 1.165) is 3.57 Å². The van der Waals surface area contributed by atoms with Crippen molar-refractivity contribution in [2.45, 2.75) is 6.92 Å². The molecule has 0 atom stereocenters. The summed E-state index contributed by atoms with van der Waals surface area (Å²) in [7, 11) is 0. The third-order valence-electron chi connectivity index (χ3n) is 1.47. The van der Waals surface area contributed by atoms with Gasteiger partial charge in [0, 0.05) is 3.57 Å². The molecule has 0 spiro atoms. The Morgan fingerprint density at radius 3 is 2.85 bits per heavy atom. The van der Waals surface area contributed by atoms with Gasteiger partial charge in [0.2, 0.25) is 0 Å². The number of carboxylic acid groups (broad SMARTS) is 1. The fourth-order valence-corrected chi connectivity index (χ4v) is 1.44. The molecule has 0 heterocycles. The molecule has 0 aliphatic heterocycles. The Morgan fingerprint density at radius 2 is 2.31 bits per heavy atom. The summed E-state index contributed by atoms with van der Waals surface area (Å²) >= 11 is 2.06. The lowest BCUT2D eigenvalue weighted by molar-refractivity contribution is 0.0692. The lowest BCUT2D eigenvalue weighted by Crippen LogP contribution is -2.02. The topological polar surface area (TPSA) is 46.5 Å². The molecule has 0 unspecified atom stereocenters. The number of ether oxygens (including phenoxy) is 1. The number of halogens is 1. The lowest BCUT2D eigenvalue weighted by atomic mass is 10.2. The molecule has 0 amide bonds. The normalized spacial score (nSPS) is 9.69. The van der Waals surface area contributed by atoms with Crippen molar-refractivity contribution in [1.82, 2.24) is 0 Å². The van der Waals surface area contributed by atoms with Crippen molar-refractivity contribution < 1.29 is 14.6 Å². The van der Waals surface area contributed by atoms with E-state index in [9.17, 15) is 4.79 Å². The van der Waals surface area contributed by atoms with Crippen LogP contribution in [0.5, 0.6) is 5.75 Å². The molecule has 1 rings (SSSR count). The fraction of sp³-hybridized carbons (Fsp3) is 0.222. The smallest absolute Gasteiger partial charge is 0.339 e. The summed E-state index contributed by atoms with van der Waals surface area (Å²) in [5.74, 6) is -0.530. The molecule has 0 aliphatic carbocycles. The number of aromatic carboxylic acids is 1. The maximum absolute atomic E-state index is 10.8. The van der Waals surface area contributed by atoms with E-state index in [1.54, 1.807) is 12.1 Å². The van der Waals surface area contributed by atoms with Gasteiger partial charge in [-0.15, -0.1) is 0 Å². The van der Waals surface area contributed by atoms with E-state index in [1.165, 1.54) is 0 Å². The second-order valence-corrected chi connectivity index (χ2v) is 3.62. The van der Waals surface area contributed by atoms with Gasteiger partial charge in [-0.3, -0.25) is 0 Å². The van der Waals surface area contributed by atoms with Gasteiger partial charge in [-0.2, -0.15) is 0 Å². The van der Waals surface area contributed by atoms with Crippen LogP contribution >= 0.6 is 22.6 Å². The monoisotopic (exact) mass is 292 g/mol. The van der Waals surface area contributed by atoms with Crippen LogP contribution in [0, 0.1) is 3.57 Å². The van der Waals surface area contributed by atoms with E-state index in [1.807, 2.05) is 13.0 Å². The van der Waals surface area contributed by atoms with Crippen molar-refractivity contribution in [2.75, 3.05) is 6.61 Å². The first-order valence-electron chi connectivity index (χ1n) is 3.80. The van der Waals surface area contributed by atoms with E-state index in [2.05, 4.69) is 22.6 Å². The highest BCUT2D eigenvalue weighted by molar-refractivity contribution is 14.1. The van der Waals surface area contributed by atoms with Gasteiger partial charge in [0.05, 0.1) is 6.61 Å². The highest BCUT2D eigenvalue weighted by Gasteiger charge is 2.10. The van der Waals surface area contributed by atoms with Gasteiger partial charge in [0.15, 0.2) is 0 Å². The predicted octanol–water partition coefficient (Wildman–Crippen LogP) is 2.39. The molecule has 4 heteroatoms. The summed E-state index contributed by atoms with van der Waals surface area (Å²) in [6.45, 7) is 2.30. The van der Waals surface area contributed by atoms with Crippen molar-refractivity contribution in [1.29, 1.82) is 0 Å². The van der Waals surface area contributed by atoms with Crippen LogP contribution in [0.2, 0.25) is 0 Å². The van der Waals surface area contributed by atoms with Crippen LogP contribution in [0.15, 0.2) is 18.2 Å². The average molecular weight is 292 g/mol. The third-order valence-corrected chi connectivity index (χ3v) is 2.14. The zero-order chi connectivity index (χ0) is 9.84. The Morgan fingerprint density at radius 1 is 1.62 bits per heavy atom. The zero-order valence-corrected chi connectivity index (χ0v) is 9.24. The molecule has 0 radical (unpaired) electrons. The molecule has 1 N–H and O–H groups in total. The molecule has 0 aromatic heterocycles. The molecule has 0 bridgehead atoms. The van der Waals surface area contributed by atoms with Gasteiger partial charge in [-0.1, -0.05) is 0 Å². The molecule has 70 valence electrons. The Hall–Kier alpha value is -0.780. The highest BCUT2D eigenvalue weighted by atomic mass is 127. The minimum absolute atomic E-state index is 0.216. The van der Waals surface area contributed by atoms with Gasteiger partial charge in [-0.25, -0.2) is 4.79 Å². The molecular formula is C9H9IO3. The number of carboxylic acids is 1. The number of rotatable bonds is 3. The van der Waals surface area contributed by atoms with Crippen LogP contribution in [0.1, 0.15) is 17.3 Å². The molecule has 0 fully saturated rings. The molecule has 1 aromatic carbocycles. The van der Waals surface area contributed by atoms with Gasteiger partial charge in [0.1, 0.15) is 11.3 Å². The predicted molar refractivity (Wildman–Crippen MR) is 57.3 cm³/mol. The largest absolute Gasteiger partial charge is 0.493 e. The van der Waals surface area contributed by atoms with Crippen LogP contribution in [-0.4, -0.2) is 17.7 Å². The van der Waals surface area contributed by atoms with Gasteiger partial charge < -0.3 is 9.84 Å². The maximum Gasteiger partial charge on any atom is 0.339 e. The number of carbonyl (C=O) groups is 1. The molecule has 0 aliphatic rings. The number of hydrogen-bond acceptors (Lipinski definition) is 2. The minimum Gasteiger partial charge on any atom is -0.493 e. The second kappa shape index (κ2) is 4.45. The molecule has 1 aromatic rings. The van der Waals surface area contributed by atoms with E-state index in [-0.39, 0.29) is 5.56 Å². The van der Waals surface area contributed by atoms with Gasteiger partial charge in [0.25, 0.3) is 0 Å². The molecule has 0 saturated carbocycles. The molecule has 13 heavy (non-hydrogen) atoms. The third kappa shape index (κ3) is 2.58. The Kier molecular flexibility index (Phi) is 3.53. The molecule has 0 saturated heterocycles. The van der Waals surface area contributed by atoms with E-state index in [0.29, 0.717) is 12.4 Å². The van der Waals surface area contributed by atoms with Crippen molar-refractivity contribution in [3.8, 4) is 5.75 Å². The first-order valence-corrected chi connectivity index (χ1v) is 4.88. The van der Waals surface area contributed by atoms with E-state index >= 15 is 0 Å². The quantitative estimate of drug-likeness (QED) is 0.870. The lowest BCUT2D eigenvalue weighted by Gasteiger charge is -2.06. The first-order chi connectivity index (χ1) is 6.15.